The Morgan fingerprint density at radius 2 is 1.92 bits per heavy atom. The lowest BCUT2D eigenvalue weighted by Gasteiger charge is -2.27. The smallest absolute Gasteiger partial charge is 0.228 e. The molecule has 0 saturated carbocycles. The van der Waals surface area contributed by atoms with Gasteiger partial charge in [0.2, 0.25) is 5.91 Å². The zero-order valence-electron chi connectivity index (χ0n) is 15.9. The van der Waals surface area contributed by atoms with Gasteiger partial charge in [0.05, 0.1) is 0 Å². The van der Waals surface area contributed by atoms with Gasteiger partial charge in [0.25, 0.3) is 0 Å². The molecule has 2 aromatic rings. The predicted octanol–water partition coefficient (Wildman–Crippen LogP) is 3.06. The number of carbonyl (C=O) groups excluding carboxylic acids is 1. The van der Waals surface area contributed by atoms with Gasteiger partial charge >= 0.3 is 0 Å². The Balaban J connectivity index is 1.72. The molecule has 3 rings (SSSR count). The van der Waals surface area contributed by atoms with E-state index in [1.807, 2.05) is 19.2 Å². The number of aryl methyl sites for hydroxylation is 1. The Morgan fingerprint density at radius 3 is 2.62 bits per heavy atom. The second-order valence-corrected chi connectivity index (χ2v) is 7.17. The molecule has 0 bridgehead atoms. The number of nitrogens with zero attached hydrogens (tertiary/aromatic N) is 2. The first-order valence-electron chi connectivity index (χ1n) is 9.27. The highest BCUT2D eigenvalue weighted by atomic mass is 16.1. The maximum atomic E-state index is 12.5. The van der Waals surface area contributed by atoms with Crippen molar-refractivity contribution < 1.29 is 4.79 Å². The SMILES string of the molecule is CNCc1ccc(-c2ccnc(NC(=O)C3CCN(C)CC3)c2)cc1C. The number of hydrogen-bond donors (Lipinski definition) is 2. The van der Waals surface area contributed by atoms with Crippen molar-refractivity contribution in [2.45, 2.75) is 26.3 Å². The van der Waals surface area contributed by atoms with Crippen LogP contribution in [0.1, 0.15) is 24.0 Å². The van der Waals surface area contributed by atoms with E-state index in [-0.39, 0.29) is 11.8 Å². The van der Waals surface area contributed by atoms with Gasteiger partial charge in [-0.15, -0.1) is 0 Å². The summed E-state index contributed by atoms with van der Waals surface area (Å²) in [5.74, 6) is 0.798. The molecule has 138 valence electrons. The quantitative estimate of drug-likeness (QED) is 0.868. The fraction of sp³-hybridized carbons (Fsp3) is 0.429. The van der Waals surface area contributed by atoms with Crippen LogP contribution in [0.3, 0.4) is 0 Å². The third-order valence-corrected chi connectivity index (χ3v) is 5.14. The number of benzene rings is 1. The molecule has 1 aliphatic rings. The van der Waals surface area contributed by atoms with E-state index >= 15 is 0 Å². The monoisotopic (exact) mass is 352 g/mol. The number of hydrogen-bond acceptors (Lipinski definition) is 4. The van der Waals surface area contributed by atoms with Crippen LogP contribution in [0.15, 0.2) is 36.5 Å². The van der Waals surface area contributed by atoms with E-state index in [0.717, 1.165) is 43.6 Å². The molecule has 0 unspecified atom stereocenters. The van der Waals surface area contributed by atoms with E-state index < -0.39 is 0 Å². The molecule has 1 aliphatic heterocycles. The molecule has 26 heavy (non-hydrogen) atoms. The van der Waals surface area contributed by atoms with E-state index in [2.05, 4.69) is 52.7 Å². The number of anilines is 1. The number of piperidine rings is 1. The fourth-order valence-electron chi connectivity index (χ4n) is 3.44. The van der Waals surface area contributed by atoms with Crippen molar-refractivity contribution in [3.63, 3.8) is 0 Å². The van der Waals surface area contributed by atoms with Gasteiger partial charge in [-0.3, -0.25) is 4.79 Å². The third kappa shape index (κ3) is 4.48. The van der Waals surface area contributed by atoms with Crippen LogP contribution in [-0.4, -0.2) is 43.0 Å². The third-order valence-electron chi connectivity index (χ3n) is 5.14. The van der Waals surface area contributed by atoms with Crippen LogP contribution in [0, 0.1) is 12.8 Å². The van der Waals surface area contributed by atoms with Gasteiger partial charge in [0.15, 0.2) is 0 Å². The molecule has 2 N–H and O–H groups in total. The fourth-order valence-corrected chi connectivity index (χ4v) is 3.44. The van der Waals surface area contributed by atoms with Crippen molar-refractivity contribution in [2.75, 3.05) is 32.5 Å². The number of likely N-dealkylation sites (tertiary alicyclic amines) is 1. The molecule has 0 spiro atoms. The minimum Gasteiger partial charge on any atom is -0.316 e. The largest absolute Gasteiger partial charge is 0.316 e. The number of pyridine rings is 1. The Labute approximate surface area is 155 Å². The van der Waals surface area contributed by atoms with Crippen molar-refractivity contribution in [1.82, 2.24) is 15.2 Å². The van der Waals surface area contributed by atoms with Crippen LogP contribution in [0.25, 0.3) is 11.1 Å². The van der Waals surface area contributed by atoms with E-state index in [1.54, 1.807) is 6.20 Å². The summed E-state index contributed by atoms with van der Waals surface area (Å²) in [6, 6.07) is 10.4. The zero-order chi connectivity index (χ0) is 18.5. The highest BCUT2D eigenvalue weighted by molar-refractivity contribution is 5.92. The van der Waals surface area contributed by atoms with Crippen molar-refractivity contribution in [3.05, 3.63) is 47.7 Å². The summed E-state index contributed by atoms with van der Waals surface area (Å²) < 4.78 is 0. The summed E-state index contributed by atoms with van der Waals surface area (Å²) in [4.78, 5) is 19.1. The highest BCUT2D eigenvalue weighted by Gasteiger charge is 2.23. The zero-order valence-corrected chi connectivity index (χ0v) is 15.9. The topological polar surface area (TPSA) is 57.3 Å². The summed E-state index contributed by atoms with van der Waals surface area (Å²) in [7, 11) is 4.05. The average Bonchev–Trinajstić information content (AvgIpc) is 2.64. The molecule has 1 amide bonds. The van der Waals surface area contributed by atoms with Crippen molar-refractivity contribution >= 4 is 11.7 Å². The van der Waals surface area contributed by atoms with Crippen molar-refractivity contribution in [1.29, 1.82) is 0 Å². The highest BCUT2D eigenvalue weighted by Crippen LogP contribution is 2.25. The molecule has 5 heteroatoms. The molecule has 1 fully saturated rings. The molecule has 0 radical (unpaired) electrons. The maximum Gasteiger partial charge on any atom is 0.228 e. The summed E-state index contributed by atoms with van der Waals surface area (Å²) in [5, 5.41) is 6.19. The Hall–Kier alpha value is -2.24. The lowest BCUT2D eigenvalue weighted by molar-refractivity contribution is -0.121. The van der Waals surface area contributed by atoms with Crippen LogP contribution in [-0.2, 0) is 11.3 Å². The average molecular weight is 352 g/mol. The number of amides is 1. The minimum absolute atomic E-state index is 0.0831. The Morgan fingerprint density at radius 1 is 1.19 bits per heavy atom. The normalized spacial score (nSPS) is 15.8. The van der Waals surface area contributed by atoms with Crippen molar-refractivity contribution in [2.24, 2.45) is 5.92 Å². The lowest BCUT2D eigenvalue weighted by atomic mass is 9.96. The molecular weight excluding hydrogens is 324 g/mol. The first-order valence-corrected chi connectivity index (χ1v) is 9.27. The van der Waals surface area contributed by atoms with Gasteiger partial charge in [-0.2, -0.15) is 0 Å². The van der Waals surface area contributed by atoms with E-state index in [1.165, 1.54) is 11.1 Å². The number of aromatic nitrogens is 1. The van der Waals surface area contributed by atoms with Gasteiger partial charge in [0.1, 0.15) is 5.82 Å². The van der Waals surface area contributed by atoms with E-state index in [0.29, 0.717) is 5.82 Å². The van der Waals surface area contributed by atoms with E-state index in [9.17, 15) is 4.79 Å². The standard InChI is InChI=1S/C21H28N4O/c1-15-12-17(4-5-19(15)14-22-2)18-6-9-23-20(13-18)24-21(26)16-7-10-25(3)11-8-16/h4-6,9,12-13,16,22H,7-8,10-11,14H2,1-3H3,(H,23,24,26). The summed E-state index contributed by atoms with van der Waals surface area (Å²) >= 11 is 0. The summed E-state index contributed by atoms with van der Waals surface area (Å²) in [5.41, 5.74) is 4.75. The van der Waals surface area contributed by atoms with Gasteiger partial charge in [-0.1, -0.05) is 18.2 Å². The van der Waals surface area contributed by atoms with Crippen LogP contribution in [0.4, 0.5) is 5.82 Å². The van der Waals surface area contributed by atoms with Crippen LogP contribution >= 0.6 is 0 Å². The molecule has 2 heterocycles. The first kappa shape index (κ1) is 18.5. The summed E-state index contributed by atoms with van der Waals surface area (Å²) in [6.45, 7) is 4.94. The predicted molar refractivity (Wildman–Crippen MR) is 106 cm³/mol. The van der Waals surface area contributed by atoms with Gasteiger partial charge in [0, 0.05) is 18.7 Å². The van der Waals surface area contributed by atoms with Crippen LogP contribution in [0.5, 0.6) is 0 Å². The lowest BCUT2D eigenvalue weighted by Crippen LogP contribution is -2.36. The van der Waals surface area contributed by atoms with Crippen molar-refractivity contribution in [3.8, 4) is 11.1 Å². The van der Waals surface area contributed by atoms with Gasteiger partial charge in [-0.05, 0) is 81.3 Å². The Kier molecular flexibility index (Phi) is 6.01. The number of carbonyl (C=O) groups is 1. The van der Waals surface area contributed by atoms with Crippen LogP contribution in [0.2, 0.25) is 0 Å². The summed E-state index contributed by atoms with van der Waals surface area (Å²) in [6.07, 6.45) is 3.58. The molecule has 5 nitrogen and oxygen atoms in total. The van der Waals surface area contributed by atoms with Crippen LogP contribution < -0.4 is 10.6 Å². The molecular formula is C21H28N4O. The Bertz CT molecular complexity index is 766. The van der Waals surface area contributed by atoms with E-state index in [4.69, 9.17) is 0 Å². The second kappa shape index (κ2) is 8.43. The number of rotatable bonds is 5. The van der Waals surface area contributed by atoms with Gasteiger partial charge in [-0.25, -0.2) is 4.98 Å². The first-order chi connectivity index (χ1) is 12.6. The maximum absolute atomic E-state index is 12.5. The molecule has 1 aromatic heterocycles. The molecule has 0 aliphatic carbocycles. The molecule has 1 saturated heterocycles. The second-order valence-electron chi connectivity index (χ2n) is 7.17. The molecule has 1 aromatic carbocycles. The minimum atomic E-state index is 0.0831. The number of nitrogens with one attached hydrogen (secondary N) is 2. The molecule has 0 atom stereocenters. The van der Waals surface area contributed by atoms with Gasteiger partial charge < -0.3 is 15.5 Å².